The second-order valence-corrected chi connectivity index (χ2v) is 7.17. The van der Waals surface area contributed by atoms with Crippen molar-refractivity contribution in [1.29, 1.82) is 0 Å². The summed E-state index contributed by atoms with van der Waals surface area (Å²) in [5.41, 5.74) is 2.62. The lowest BCUT2D eigenvalue weighted by molar-refractivity contribution is -0.121. The molecule has 0 aromatic heterocycles. The van der Waals surface area contributed by atoms with Gasteiger partial charge in [0.2, 0.25) is 5.91 Å². The molecule has 2 aromatic carbocycles. The van der Waals surface area contributed by atoms with Crippen LogP contribution in [-0.4, -0.2) is 44.0 Å². The molecule has 0 unspecified atom stereocenters. The standard InChI is InChI=1S/C23H28N2O4/c1-28-20-10-8-17(15-21(20)29-2)9-11-22(26)24-16-18-6-5-7-19(14-18)23(27)25-12-3-4-13-25/h5-8,10,14-15H,3-4,9,11-13,16H2,1-2H3,(H,24,26). The minimum absolute atomic E-state index is 0.0314. The van der Waals surface area contributed by atoms with Crippen LogP contribution < -0.4 is 14.8 Å². The van der Waals surface area contributed by atoms with E-state index >= 15 is 0 Å². The summed E-state index contributed by atoms with van der Waals surface area (Å²) in [6.45, 7) is 2.07. The monoisotopic (exact) mass is 396 g/mol. The summed E-state index contributed by atoms with van der Waals surface area (Å²) >= 11 is 0. The minimum Gasteiger partial charge on any atom is -0.493 e. The van der Waals surface area contributed by atoms with Crippen LogP contribution in [0.25, 0.3) is 0 Å². The molecule has 1 aliphatic heterocycles. The number of carbonyl (C=O) groups is 2. The molecule has 3 rings (SSSR count). The number of aryl methyl sites for hydroxylation is 1. The molecule has 1 N–H and O–H groups in total. The van der Waals surface area contributed by atoms with Crippen molar-refractivity contribution in [2.45, 2.75) is 32.2 Å². The molecule has 0 spiro atoms. The molecule has 0 bridgehead atoms. The van der Waals surface area contributed by atoms with Crippen molar-refractivity contribution in [3.05, 3.63) is 59.2 Å². The third-order valence-electron chi connectivity index (χ3n) is 5.15. The van der Waals surface area contributed by atoms with Crippen molar-refractivity contribution in [1.82, 2.24) is 10.2 Å². The Balaban J connectivity index is 1.50. The Morgan fingerprint density at radius 2 is 1.72 bits per heavy atom. The van der Waals surface area contributed by atoms with Gasteiger partial charge in [-0.05, 0) is 54.7 Å². The highest BCUT2D eigenvalue weighted by molar-refractivity contribution is 5.94. The molecule has 1 fully saturated rings. The SMILES string of the molecule is COc1ccc(CCC(=O)NCc2cccc(C(=O)N3CCCC3)c2)cc1OC. The number of hydrogen-bond donors (Lipinski definition) is 1. The second kappa shape index (κ2) is 9.96. The van der Waals surface area contributed by atoms with Crippen LogP contribution in [0.3, 0.4) is 0 Å². The number of rotatable bonds is 8. The van der Waals surface area contributed by atoms with Crippen LogP contribution in [0.2, 0.25) is 0 Å². The number of nitrogens with one attached hydrogen (secondary N) is 1. The molecule has 2 amide bonds. The van der Waals surface area contributed by atoms with Gasteiger partial charge in [0.25, 0.3) is 5.91 Å². The number of benzene rings is 2. The molecule has 0 atom stereocenters. The van der Waals surface area contributed by atoms with E-state index in [1.54, 1.807) is 14.2 Å². The maximum absolute atomic E-state index is 12.5. The van der Waals surface area contributed by atoms with Gasteiger partial charge in [0.05, 0.1) is 14.2 Å². The van der Waals surface area contributed by atoms with Gasteiger partial charge in [-0.1, -0.05) is 18.2 Å². The first-order chi connectivity index (χ1) is 14.1. The summed E-state index contributed by atoms with van der Waals surface area (Å²) < 4.78 is 10.5. The van der Waals surface area contributed by atoms with Crippen molar-refractivity contribution in [2.24, 2.45) is 0 Å². The molecule has 0 radical (unpaired) electrons. The molecular weight excluding hydrogens is 368 g/mol. The molecule has 154 valence electrons. The number of amides is 2. The maximum atomic E-state index is 12.5. The Hall–Kier alpha value is -3.02. The predicted octanol–water partition coefficient (Wildman–Crippen LogP) is 3.19. The number of carbonyl (C=O) groups excluding carboxylic acids is 2. The normalized spacial score (nSPS) is 13.2. The fourth-order valence-corrected chi connectivity index (χ4v) is 3.50. The first-order valence-electron chi connectivity index (χ1n) is 9.96. The van der Waals surface area contributed by atoms with Gasteiger partial charge in [0.15, 0.2) is 11.5 Å². The molecule has 2 aromatic rings. The summed E-state index contributed by atoms with van der Waals surface area (Å²) in [4.78, 5) is 26.7. The number of hydrogen-bond acceptors (Lipinski definition) is 4. The summed E-state index contributed by atoms with van der Waals surface area (Å²) in [6, 6.07) is 13.2. The quantitative estimate of drug-likeness (QED) is 0.744. The summed E-state index contributed by atoms with van der Waals surface area (Å²) in [5, 5.41) is 2.94. The number of likely N-dealkylation sites (tertiary alicyclic amines) is 1. The average Bonchev–Trinajstić information content (AvgIpc) is 3.30. The van der Waals surface area contributed by atoms with Gasteiger partial charge in [0.1, 0.15) is 0 Å². The van der Waals surface area contributed by atoms with E-state index < -0.39 is 0 Å². The van der Waals surface area contributed by atoms with Crippen molar-refractivity contribution in [2.75, 3.05) is 27.3 Å². The Labute approximate surface area is 171 Å². The third-order valence-corrected chi connectivity index (χ3v) is 5.15. The van der Waals surface area contributed by atoms with Crippen LogP contribution in [0.1, 0.15) is 40.7 Å². The first kappa shape index (κ1) is 20.7. The number of methoxy groups -OCH3 is 2. The van der Waals surface area contributed by atoms with Crippen LogP contribution in [-0.2, 0) is 17.8 Å². The van der Waals surface area contributed by atoms with Crippen LogP contribution >= 0.6 is 0 Å². The second-order valence-electron chi connectivity index (χ2n) is 7.17. The highest BCUT2D eigenvalue weighted by Crippen LogP contribution is 2.27. The van der Waals surface area contributed by atoms with Crippen LogP contribution in [0, 0.1) is 0 Å². The lowest BCUT2D eigenvalue weighted by Crippen LogP contribution is -2.28. The van der Waals surface area contributed by atoms with Gasteiger partial charge >= 0.3 is 0 Å². The first-order valence-corrected chi connectivity index (χ1v) is 9.96. The number of nitrogens with zero attached hydrogens (tertiary/aromatic N) is 1. The van der Waals surface area contributed by atoms with E-state index in [4.69, 9.17) is 9.47 Å². The van der Waals surface area contributed by atoms with Gasteiger partial charge in [-0.15, -0.1) is 0 Å². The lowest BCUT2D eigenvalue weighted by atomic mass is 10.1. The van der Waals surface area contributed by atoms with Crippen LogP contribution in [0.5, 0.6) is 11.5 Å². The Morgan fingerprint density at radius 3 is 2.45 bits per heavy atom. The van der Waals surface area contributed by atoms with Crippen molar-refractivity contribution in [3.63, 3.8) is 0 Å². The molecule has 1 saturated heterocycles. The van der Waals surface area contributed by atoms with Gasteiger partial charge < -0.3 is 19.7 Å². The molecule has 0 saturated carbocycles. The molecule has 6 heteroatoms. The van der Waals surface area contributed by atoms with E-state index in [1.807, 2.05) is 47.4 Å². The van der Waals surface area contributed by atoms with E-state index in [0.29, 0.717) is 36.4 Å². The molecule has 0 aliphatic carbocycles. The fraction of sp³-hybridized carbons (Fsp3) is 0.391. The molecular formula is C23H28N2O4. The minimum atomic E-state index is -0.0314. The maximum Gasteiger partial charge on any atom is 0.253 e. The van der Waals surface area contributed by atoms with E-state index in [-0.39, 0.29) is 11.8 Å². The molecule has 29 heavy (non-hydrogen) atoms. The summed E-state index contributed by atoms with van der Waals surface area (Å²) in [7, 11) is 3.19. The molecule has 1 heterocycles. The Kier molecular flexibility index (Phi) is 7.11. The van der Waals surface area contributed by atoms with Gasteiger partial charge in [-0.2, -0.15) is 0 Å². The van der Waals surface area contributed by atoms with Crippen LogP contribution in [0.4, 0.5) is 0 Å². The van der Waals surface area contributed by atoms with E-state index in [1.165, 1.54) is 0 Å². The van der Waals surface area contributed by atoms with E-state index in [9.17, 15) is 9.59 Å². The smallest absolute Gasteiger partial charge is 0.253 e. The van der Waals surface area contributed by atoms with E-state index in [0.717, 1.165) is 37.1 Å². The van der Waals surface area contributed by atoms with Gasteiger partial charge in [0, 0.05) is 31.6 Å². The summed E-state index contributed by atoms with van der Waals surface area (Å²) in [6.07, 6.45) is 3.13. The van der Waals surface area contributed by atoms with Gasteiger partial charge in [-0.25, -0.2) is 0 Å². The average molecular weight is 396 g/mol. The zero-order chi connectivity index (χ0) is 20.6. The topological polar surface area (TPSA) is 67.9 Å². The van der Waals surface area contributed by atoms with Crippen molar-refractivity contribution >= 4 is 11.8 Å². The predicted molar refractivity (Wildman–Crippen MR) is 111 cm³/mol. The van der Waals surface area contributed by atoms with Crippen molar-refractivity contribution in [3.8, 4) is 11.5 Å². The highest BCUT2D eigenvalue weighted by atomic mass is 16.5. The lowest BCUT2D eigenvalue weighted by Gasteiger charge is -2.15. The zero-order valence-corrected chi connectivity index (χ0v) is 17.1. The largest absolute Gasteiger partial charge is 0.493 e. The highest BCUT2D eigenvalue weighted by Gasteiger charge is 2.19. The fourth-order valence-electron chi connectivity index (χ4n) is 3.50. The Bertz CT molecular complexity index is 860. The number of ether oxygens (including phenoxy) is 2. The summed E-state index contributed by atoms with van der Waals surface area (Å²) in [5.74, 6) is 1.37. The van der Waals surface area contributed by atoms with E-state index in [2.05, 4.69) is 5.32 Å². The van der Waals surface area contributed by atoms with Crippen LogP contribution in [0.15, 0.2) is 42.5 Å². The van der Waals surface area contributed by atoms with Crippen molar-refractivity contribution < 1.29 is 19.1 Å². The molecule has 1 aliphatic rings. The van der Waals surface area contributed by atoms with Gasteiger partial charge in [-0.3, -0.25) is 9.59 Å². The molecule has 6 nitrogen and oxygen atoms in total. The zero-order valence-electron chi connectivity index (χ0n) is 17.1. The Morgan fingerprint density at radius 1 is 0.966 bits per heavy atom. The third kappa shape index (κ3) is 5.50.